The first-order valence-corrected chi connectivity index (χ1v) is 13.2. The molecule has 2 N–H and O–H groups in total. The third kappa shape index (κ3) is 1.80. The number of rotatable bonds is 2. The van der Waals surface area contributed by atoms with Crippen LogP contribution in [-0.2, 0) is 4.74 Å². The average molecular weight is 478 g/mol. The molecular formula is C28H31NO6. The van der Waals surface area contributed by atoms with E-state index in [2.05, 4.69) is 18.4 Å². The van der Waals surface area contributed by atoms with Crippen LogP contribution in [-0.4, -0.2) is 58.4 Å². The van der Waals surface area contributed by atoms with Crippen molar-refractivity contribution in [3.63, 3.8) is 0 Å². The molecule has 11 rings (SSSR count). The molecule has 0 amide bonds. The van der Waals surface area contributed by atoms with Gasteiger partial charge in [-0.05, 0) is 60.8 Å². The highest BCUT2D eigenvalue weighted by atomic mass is 16.7. The Bertz CT molecular complexity index is 1250. The molecule has 7 heteroatoms. The van der Waals surface area contributed by atoms with Crippen molar-refractivity contribution < 1.29 is 29.2 Å². The van der Waals surface area contributed by atoms with Crippen molar-refractivity contribution in [1.82, 2.24) is 4.90 Å². The molecule has 9 fully saturated rings. The first-order chi connectivity index (χ1) is 16.8. The quantitative estimate of drug-likeness (QED) is 0.500. The minimum atomic E-state index is -0.857. The number of hydrogen-bond donors (Lipinski definition) is 2. The van der Waals surface area contributed by atoms with Crippen LogP contribution in [0.3, 0.4) is 0 Å². The summed E-state index contributed by atoms with van der Waals surface area (Å²) in [6, 6.07) is 5.47. The van der Waals surface area contributed by atoms with E-state index in [0.29, 0.717) is 29.4 Å². The van der Waals surface area contributed by atoms with Gasteiger partial charge in [-0.15, -0.1) is 0 Å². The molecule has 0 radical (unpaired) electrons. The van der Waals surface area contributed by atoms with Gasteiger partial charge >= 0.3 is 5.97 Å². The molecule has 3 saturated heterocycles. The summed E-state index contributed by atoms with van der Waals surface area (Å²) < 4.78 is 17.4. The van der Waals surface area contributed by atoms with Crippen LogP contribution in [0.4, 0.5) is 0 Å². The molecule has 9 bridgehead atoms. The van der Waals surface area contributed by atoms with E-state index in [1.165, 1.54) is 0 Å². The Kier molecular flexibility index (Phi) is 3.19. The van der Waals surface area contributed by atoms with Gasteiger partial charge in [0.2, 0.25) is 6.79 Å². The summed E-state index contributed by atoms with van der Waals surface area (Å²) >= 11 is 0. The molecule has 184 valence electrons. The van der Waals surface area contributed by atoms with Crippen molar-refractivity contribution in [3.8, 4) is 11.5 Å². The van der Waals surface area contributed by atoms with E-state index < -0.39 is 17.2 Å². The molecule has 4 aliphatic heterocycles. The molecule has 1 aromatic rings. The second-order valence-electron chi connectivity index (χ2n) is 13.1. The minimum Gasteiger partial charge on any atom is -0.458 e. The molecule has 35 heavy (non-hydrogen) atoms. The summed E-state index contributed by atoms with van der Waals surface area (Å²) in [7, 11) is 0. The van der Waals surface area contributed by atoms with E-state index in [1.807, 2.05) is 0 Å². The van der Waals surface area contributed by atoms with Crippen LogP contribution in [0.25, 0.3) is 0 Å². The van der Waals surface area contributed by atoms with Gasteiger partial charge in [0, 0.05) is 41.2 Å². The number of esters is 1. The van der Waals surface area contributed by atoms with E-state index in [1.54, 1.807) is 18.2 Å². The van der Waals surface area contributed by atoms with E-state index in [9.17, 15) is 15.0 Å². The average Bonchev–Trinajstić information content (AvgIpc) is 3.44. The van der Waals surface area contributed by atoms with Gasteiger partial charge in [0.25, 0.3) is 0 Å². The van der Waals surface area contributed by atoms with Crippen molar-refractivity contribution in [2.45, 2.75) is 63.0 Å². The number of nitrogens with zero attached hydrogens (tertiary/aromatic N) is 1. The van der Waals surface area contributed by atoms with Crippen LogP contribution in [0, 0.1) is 39.9 Å². The highest BCUT2D eigenvalue weighted by molar-refractivity contribution is 5.90. The molecule has 0 aromatic heterocycles. The molecule has 2 unspecified atom stereocenters. The van der Waals surface area contributed by atoms with Gasteiger partial charge < -0.3 is 24.4 Å². The Labute approximate surface area is 204 Å². The monoisotopic (exact) mass is 477 g/mol. The lowest BCUT2D eigenvalue weighted by molar-refractivity contribution is -0.271. The van der Waals surface area contributed by atoms with E-state index >= 15 is 0 Å². The Balaban J connectivity index is 1.18. The molecule has 6 aliphatic carbocycles. The predicted octanol–water partition coefficient (Wildman–Crippen LogP) is 2.71. The Morgan fingerprint density at radius 2 is 2.06 bits per heavy atom. The highest BCUT2D eigenvalue weighted by Gasteiger charge is 2.93. The lowest BCUT2D eigenvalue weighted by Gasteiger charge is -2.67. The fourth-order valence-electron chi connectivity index (χ4n) is 11.9. The first-order valence-electron chi connectivity index (χ1n) is 13.2. The van der Waals surface area contributed by atoms with E-state index in [4.69, 9.17) is 14.2 Å². The fourth-order valence-corrected chi connectivity index (χ4v) is 11.9. The van der Waals surface area contributed by atoms with Crippen molar-refractivity contribution in [2.24, 2.45) is 39.9 Å². The maximum Gasteiger partial charge on any atom is 0.338 e. The number of ether oxygens (including phenoxy) is 3. The molecule has 10 aliphatic rings. The zero-order valence-electron chi connectivity index (χ0n) is 19.9. The second kappa shape index (κ2) is 5.58. The predicted molar refractivity (Wildman–Crippen MR) is 122 cm³/mol. The first kappa shape index (κ1) is 20.0. The number of piperidine rings is 2. The lowest BCUT2D eigenvalue weighted by Crippen LogP contribution is -2.72. The summed E-state index contributed by atoms with van der Waals surface area (Å²) in [6.45, 7) is 7.80. The van der Waals surface area contributed by atoms with E-state index in [-0.39, 0.29) is 53.5 Å². The fraction of sp³-hybridized carbons (Fsp3) is 0.679. The van der Waals surface area contributed by atoms with Crippen LogP contribution in [0.15, 0.2) is 30.4 Å². The number of carbonyl (C=O) groups excluding carboxylic acids is 1. The van der Waals surface area contributed by atoms with E-state index in [0.717, 1.165) is 37.8 Å². The minimum absolute atomic E-state index is 0.0419. The third-order valence-electron chi connectivity index (χ3n) is 12.2. The van der Waals surface area contributed by atoms with Crippen LogP contribution in [0.5, 0.6) is 11.5 Å². The van der Waals surface area contributed by atoms with Crippen LogP contribution in [0.2, 0.25) is 0 Å². The topological polar surface area (TPSA) is 88.5 Å². The number of fused-ring (bicyclic) bond motifs is 2. The molecule has 12 atom stereocenters. The largest absolute Gasteiger partial charge is 0.458 e. The summed E-state index contributed by atoms with van der Waals surface area (Å²) in [5.74, 6) is 1.36. The number of aliphatic hydroxyl groups excluding tert-OH is 1. The van der Waals surface area contributed by atoms with Crippen molar-refractivity contribution in [3.05, 3.63) is 35.9 Å². The van der Waals surface area contributed by atoms with Crippen molar-refractivity contribution in [2.75, 3.05) is 13.3 Å². The van der Waals surface area contributed by atoms with Gasteiger partial charge in [-0.1, -0.05) is 19.9 Å². The lowest BCUT2D eigenvalue weighted by atomic mass is 9.39. The number of benzene rings is 1. The van der Waals surface area contributed by atoms with Gasteiger partial charge in [-0.25, -0.2) is 4.79 Å². The standard InChI is InChI=1S/C28H31NO6/c1-13-15-9-16-21-26-7-3-6-25(2)11-29(21)28(32,24(25)26)10-27(16,22(13)30)20(26)19(15)35-23(31)14-4-5-17-18(8-14)34-12-33-17/h4-5,8,15-16,19-22,24,30,32H,1,3,6-7,9-12H2,2H3/t15-,16-,19?,20+,21-,22-,24-,25+,26+,27+,28-/m1/s1. The maximum atomic E-state index is 13.5. The summed E-state index contributed by atoms with van der Waals surface area (Å²) in [5, 5.41) is 24.0. The Morgan fingerprint density at radius 1 is 1.23 bits per heavy atom. The number of carbonyl (C=O) groups is 1. The van der Waals surface area contributed by atoms with Gasteiger partial charge in [0.05, 0.1) is 11.7 Å². The number of hydrogen-bond acceptors (Lipinski definition) is 7. The highest BCUT2D eigenvalue weighted by Crippen LogP contribution is 2.89. The van der Waals surface area contributed by atoms with Crippen LogP contribution < -0.4 is 9.47 Å². The molecule has 7 nitrogen and oxygen atoms in total. The van der Waals surface area contributed by atoms with Gasteiger partial charge in [0.1, 0.15) is 11.8 Å². The zero-order valence-corrected chi connectivity index (χ0v) is 19.9. The van der Waals surface area contributed by atoms with Gasteiger partial charge in [-0.3, -0.25) is 4.90 Å². The third-order valence-corrected chi connectivity index (χ3v) is 12.2. The SMILES string of the molecule is C=C1[C@H]2C[C@@H]3[C@H]4N5C[C@]6(C)CCC[C@]47[C@H](C2OC(=O)c2ccc4c(c2)OCO4)[C@@]3(C[C@@]5(O)[C@H]67)[C@@H]1O. The molecule has 1 aromatic carbocycles. The molecule has 6 saturated carbocycles. The zero-order chi connectivity index (χ0) is 23.7. The normalized spacial score (nSPS) is 56.7. The Morgan fingerprint density at radius 3 is 2.91 bits per heavy atom. The smallest absolute Gasteiger partial charge is 0.338 e. The number of aliphatic hydroxyl groups is 2. The summed E-state index contributed by atoms with van der Waals surface area (Å²) in [4.78, 5) is 16.0. The maximum absolute atomic E-state index is 13.5. The van der Waals surface area contributed by atoms with Gasteiger partial charge in [0.15, 0.2) is 11.5 Å². The van der Waals surface area contributed by atoms with Gasteiger partial charge in [-0.2, -0.15) is 0 Å². The molecule has 2 spiro atoms. The summed E-state index contributed by atoms with van der Waals surface area (Å²) in [6.07, 6.45) is 3.81. The van der Waals surface area contributed by atoms with Crippen LogP contribution >= 0.6 is 0 Å². The van der Waals surface area contributed by atoms with Crippen molar-refractivity contribution in [1.29, 1.82) is 0 Å². The van der Waals surface area contributed by atoms with Crippen LogP contribution in [0.1, 0.15) is 49.4 Å². The molecular weight excluding hydrogens is 446 g/mol. The molecule has 4 heterocycles. The Hall–Kier alpha value is -2.09. The second-order valence-corrected chi connectivity index (χ2v) is 13.1. The van der Waals surface area contributed by atoms with Crippen molar-refractivity contribution >= 4 is 5.97 Å². The summed E-state index contributed by atoms with van der Waals surface area (Å²) in [5.41, 5.74) is -0.0956.